The Labute approximate surface area is 359 Å². The lowest BCUT2D eigenvalue weighted by Gasteiger charge is -2.15. The molecule has 4 heteroatoms. The van der Waals surface area contributed by atoms with Crippen molar-refractivity contribution in [3.05, 3.63) is 217 Å². The van der Waals surface area contributed by atoms with Crippen LogP contribution in [-0.2, 0) is 6.42 Å². The van der Waals surface area contributed by atoms with Crippen LogP contribution in [0.1, 0.15) is 11.1 Å². The van der Waals surface area contributed by atoms with E-state index in [1.807, 2.05) is 0 Å². The van der Waals surface area contributed by atoms with Crippen LogP contribution in [0.3, 0.4) is 0 Å². The molecule has 11 aromatic rings. The molecule has 62 heavy (non-hydrogen) atoms. The van der Waals surface area contributed by atoms with Gasteiger partial charge in [-0.3, -0.25) is 0 Å². The summed E-state index contributed by atoms with van der Waals surface area (Å²) < 4.78 is 2.50. The van der Waals surface area contributed by atoms with Gasteiger partial charge < -0.3 is 4.57 Å². The predicted molar refractivity (Wildman–Crippen MR) is 254 cm³/mol. The van der Waals surface area contributed by atoms with Crippen LogP contribution in [0.4, 0.5) is 0 Å². The second kappa shape index (κ2) is 13.7. The van der Waals surface area contributed by atoms with E-state index in [0.717, 1.165) is 61.9 Å². The van der Waals surface area contributed by atoms with Gasteiger partial charge in [-0.25, -0.2) is 15.0 Å². The summed E-state index contributed by atoms with van der Waals surface area (Å²) in [6.45, 7) is 0. The number of hydrogen-bond acceptors (Lipinski definition) is 3. The average molecular weight is 789 g/mol. The quantitative estimate of drug-likeness (QED) is 0.169. The Morgan fingerprint density at radius 3 is 1.61 bits per heavy atom. The molecule has 2 aromatic heterocycles. The summed E-state index contributed by atoms with van der Waals surface area (Å²) >= 11 is 0. The molecule has 0 atom stereocenters. The Bertz CT molecular complexity index is 3530. The van der Waals surface area contributed by atoms with E-state index in [4.69, 9.17) is 15.0 Å². The van der Waals surface area contributed by atoms with Gasteiger partial charge in [0.05, 0.1) is 16.7 Å². The molecule has 3 heterocycles. The Hall–Kier alpha value is -8.21. The highest BCUT2D eigenvalue weighted by molar-refractivity contribution is 6.22. The first-order chi connectivity index (χ1) is 30.7. The third-order valence-corrected chi connectivity index (χ3v) is 12.7. The van der Waals surface area contributed by atoms with Crippen molar-refractivity contribution in [3.63, 3.8) is 0 Å². The first kappa shape index (κ1) is 34.6. The zero-order valence-corrected chi connectivity index (χ0v) is 33.6. The highest BCUT2D eigenvalue weighted by Crippen LogP contribution is 2.54. The summed E-state index contributed by atoms with van der Waals surface area (Å²) in [5, 5.41) is 2.33. The van der Waals surface area contributed by atoms with E-state index in [2.05, 4.69) is 211 Å². The molecule has 0 bridgehead atoms. The standard InChI is InChI=1S/C58H36N4/c1-4-16-36(17-5-1)39-22-14-24-41(30-39)56-59-57(45-33-42(37-18-6-2-7-19-37)32-43(34-45)38-20-8-3-9-21-38)61-58(60-56)49-35-44-31-40-23-15-27-47-46-25-10-12-28-50(46)62-51-29-13-11-26-48(51)54(49)55(62)53(44)52(40)47/h1-30,32-35H,31H2. The van der Waals surface area contributed by atoms with Crippen LogP contribution in [-0.4, -0.2) is 19.5 Å². The summed E-state index contributed by atoms with van der Waals surface area (Å²) in [5.41, 5.74) is 21.0. The van der Waals surface area contributed by atoms with Crippen molar-refractivity contribution in [2.75, 3.05) is 0 Å². The Kier molecular flexibility index (Phi) is 7.63. The summed E-state index contributed by atoms with van der Waals surface area (Å²) in [6.07, 6.45) is 0.842. The molecule has 4 nitrogen and oxygen atoms in total. The number of hydrogen-bond donors (Lipinski definition) is 0. The lowest BCUT2D eigenvalue weighted by atomic mass is 9.92. The summed E-state index contributed by atoms with van der Waals surface area (Å²) in [5.74, 6) is 1.91. The van der Waals surface area contributed by atoms with Gasteiger partial charge in [-0.15, -0.1) is 0 Å². The zero-order chi connectivity index (χ0) is 40.7. The van der Waals surface area contributed by atoms with Crippen LogP contribution < -0.4 is 0 Å². The summed E-state index contributed by atoms with van der Waals surface area (Å²) in [4.78, 5) is 16.4. The lowest BCUT2D eigenvalue weighted by Crippen LogP contribution is -2.02. The van der Waals surface area contributed by atoms with Gasteiger partial charge in [0, 0.05) is 38.6 Å². The van der Waals surface area contributed by atoms with E-state index in [9.17, 15) is 0 Å². The Balaban J connectivity index is 1.12. The summed E-state index contributed by atoms with van der Waals surface area (Å²) in [6, 6.07) is 73.9. The molecule has 13 rings (SSSR count). The van der Waals surface area contributed by atoms with E-state index in [0.29, 0.717) is 17.5 Å². The number of aromatic nitrogens is 4. The smallest absolute Gasteiger partial charge is 0.164 e. The van der Waals surface area contributed by atoms with Crippen molar-refractivity contribution >= 4 is 21.8 Å². The maximum atomic E-state index is 5.54. The molecule has 0 saturated heterocycles. The molecule has 1 aliphatic carbocycles. The second-order valence-electron chi connectivity index (χ2n) is 16.4. The maximum absolute atomic E-state index is 5.54. The van der Waals surface area contributed by atoms with E-state index >= 15 is 0 Å². The van der Waals surface area contributed by atoms with Crippen molar-refractivity contribution < 1.29 is 0 Å². The largest absolute Gasteiger partial charge is 0.308 e. The maximum Gasteiger partial charge on any atom is 0.164 e. The van der Waals surface area contributed by atoms with Crippen LogP contribution in [0.15, 0.2) is 206 Å². The molecule has 0 radical (unpaired) electrons. The van der Waals surface area contributed by atoms with Gasteiger partial charge in [-0.1, -0.05) is 164 Å². The first-order valence-electron chi connectivity index (χ1n) is 21.2. The van der Waals surface area contributed by atoms with Crippen molar-refractivity contribution in [1.29, 1.82) is 0 Å². The fourth-order valence-electron chi connectivity index (χ4n) is 10.0. The van der Waals surface area contributed by atoms with Gasteiger partial charge in [0.25, 0.3) is 0 Å². The third kappa shape index (κ3) is 5.37. The molecular formula is C58H36N4. The lowest BCUT2D eigenvalue weighted by molar-refractivity contribution is 1.07. The van der Waals surface area contributed by atoms with Crippen LogP contribution in [0.5, 0.6) is 0 Å². The van der Waals surface area contributed by atoms with Crippen LogP contribution in [0, 0.1) is 0 Å². The molecule has 288 valence electrons. The molecular weight excluding hydrogens is 753 g/mol. The molecule has 0 saturated carbocycles. The molecule has 0 N–H and O–H groups in total. The van der Waals surface area contributed by atoms with Crippen molar-refractivity contribution in [1.82, 2.24) is 19.5 Å². The van der Waals surface area contributed by atoms with Crippen molar-refractivity contribution in [2.24, 2.45) is 0 Å². The van der Waals surface area contributed by atoms with E-state index < -0.39 is 0 Å². The average Bonchev–Trinajstić information content (AvgIpc) is 3.86. The van der Waals surface area contributed by atoms with Gasteiger partial charge >= 0.3 is 0 Å². The van der Waals surface area contributed by atoms with Gasteiger partial charge in [-0.2, -0.15) is 0 Å². The van der Waals surface area contributed by atoms with Crippen molar-refractivity contribution in [3.8, 4) is 95.5 Å². The van der Waals surface area contributed by atoms with E-state index in [1.54, 1.807) is 0 Å². The summed E-state index contributed by atoms with van der Waals surface area (Å²) in [7, 11) is 0. The Morgan fingerprint density at radius 1 is 0.339 bits per heavy atom. The zero-order valence-electron chi connectivity index (χ0n) is 33.6. The third-order valence-electron chi connectivity index (χ3n) is 12.7. The molecule has 1 aliphatic heterocycles. The minimum absolute atomic E-state index is 0.627. The fraction of sp³-hybridized carbons (Fsp3) is 0.0172. The van der Waals surface area contributed by atoms with E-state index in [1.165, 1.54) is 55.5 Å². The van der Waals surface area contributed by atoms with Gasteiger partial charge in [-0.05, 0) is 105 Å². The minimum atomic E-state index is 0.627. The highest BCUT2D eigenvalue weighted by Gasteiger charge is 2.33. The van der Waals surface area contributed by atoms with Gasteiger partial charge in [0.1, 0.15) is 0 Å². The predicted octanol–water partition coefficient (Wildman–Crippen LogP) is 14.5. The molecule has 0 spiro atoms. The van der Waals surface area contributed by atoms with E-state index in [-0.39, 0.29) is 0 Å². The van der Waals surface area contributed by atoms with Gasteiger partial charge in [0.2, 0.25) is 0 Å². The van der Waals surface area contributed by atoms with Crippen LogP contribution >= 0.6 is 0 Å². The normalized spacial score (nSPS) is 12.1. The molecule has 9 aromatic carbocycles. The number of nitrogens with zero attached hydrogens (tertiary/aromatic N) is 4. The topological polar surface area (TPSA) is 43.6 Å². The number of para-hydroxylation sites is 2. The number of benzene rings is 9. The van der Waals surface area contributed by atoms with Gasteiger partial charge in [0.15, 0.2) is 17.5 Å². The second-order valence-corrected chi connectivity index (χ2v) is 16.4. The first-order valence-corrected chi connectivity index (χ1v) is 21.2. The molecule has 0 unspecified atom stereocenters. The number of rotatable bonds is 6. The SMILES string of the molecule is c1ccc(-c2cccc(-c3nc(-c4cc(-c5ccccc5)cc(-c5ccccc5)c4)nc(-c4cc5c6c7c4c4ccccc4n7-c4ccccc4-c4cccc(c4-6)C5)n3)c2)cc1. The van der Waals surface area contributed by atoms with Crippen LogP contribution in [0.25, 0.3) is 117 Å². The Morgan fingerprint density at radius 2 is 0.871 bits per heavy atom. The monoisotopic (exact) mass is 788 g/mol. The van der Waals surface area contributed by atoms with Crippen LogP contribution in [0.2, 0.25) is 0 Å². The fourth-order valence-corrected chi connectivity index (χ4v) is 10.0. The molecule has 0 amide bonds. The number of fused-ring (bicyclic) bond motifs is 6. The molecule has 0 fully saturated rings. The van der Waals surface area contributed by atoms with Crippen molar-refractivity contribution in [2.45, 2.75) is 6.42 Å². The highest BCUT2D eigenvalue weighted by atomic mass is 15.0. The molecule has 2 aliphatic rings. The minimum Gasteiger partial charge on any atom is -0.308 e.